The van der Waals surface area contributed by atoms with E-state index in [4.69, 9.17) is 0 Å². The molecule has 0 heterocycles. The van der Waals surface area contributed by atoms with Crippen LogP contribution in [0.15, 0.2) is 30.3 Å². The van der Waals surface area contributed by atoms with Crippen LogP contribution in [-0.2, 0) is 6.42 Å². The molecule has 11 heteroatoms. The Morgan fingerprint density at radius 2 is 0.880 bits per heavy atom. The smallest absolute Gasteiger partial charge is 0.230 e. The molecule has 0 radical (unpaired) electrons. The molecule has 0 unspecified atom stereocenters. The zero-order valence-electron chi connectivity index (χ0n) is 12.0. The molecule has 1 aliphatic carbocycles. The summed E-state index contributed by atoms with van der Waals surface area (Å²) in [6, 6.07) is 6.12. The van der Waals surface area contributed by atoms with Crippen molar-refractivity contribution in [2.75, 3.05) is 0 Å². The van der Waals surface area contributed by atoms with Crippen LogP contribution in [0.1, 0.15) is 12.0 Å². The molecule has 0 spiro atoms. The van der Waals surface area contributed by atoms with Crippen LogP contribution in [0.2, 0.25) is 0 Å². The maximum absolute atomic E-state index is 14.4. The van der Waals surface area contributed by atoms with E-state index in [2.05, 4.69) is 0 Å². The van der Waals surface area contributed by atoms with E-state index in [-0.39, 0.29) is 5.56 Å². The quantitative estimate of drug-likeness (QED) is 0.601. The van der Waals surface area contributed by atoms with Gasteiger partial charge in [-0.2, -0.15) is 43.9 Å². The Labute approximate surface area is 133 Å². The molecule has 0 aromatic heterocycles. The molecule has 0 N–H and O–H groups in total. The van der Waals surface area contributed by atoms with Crippen molar-refractivity contribution < 1.29 is 48.3 Å². The number of benzene rings is 1. The lowest BCUT2D eigenvalue weighted by molar-refractivity contribution is -0.485. The van der Waals surface area contributed by atoms with Crippen LogP contribution < -0.4 is 0 Å². The minimum Gasteiger partial charge on any atom is -0.230 e. The Morgan fingerprint density at radius 3 is 1.28 bits per heavy atom. The van der Waals surface area contributed by atoms with Gasteiger partial charge in [-0.1, -0.05) is 30.3 Å². The van der Waals surface area contributed by atoms with Crippen molar-refractivity contribution in [3.8, 4) is 0 Å². The molecule has 0 saturated heterocycles. The third-order valence-corrected chi connectivity index (χ3v) is 4.17. The van der Waals surface area contributed by atoms with Gasteiger partial charge in [0.05, 0.1) is 0 Å². The van der Waals surface area contributed by atoms with Crippen LogP contribution in [0.3, 0.4) is 0 Å². The van der Waals surface area contributed by atoms with Gasteiger partial charge in [0.15, 0.2) is 0 Å². The lowest BCUT2D eigenvalue weighted by Gasteiger charge is -2.52. The minimum absolute atomic E-state index is 0.116. The van der Waals surface area contributed by atoms with Crippen LogP contribution in [0.25, 0.3) is 0 Å². The summed E-state index contributed by atoms with van der Waals surface area (Å²) < 4.78 is 148. The van der Waals surface area contributed by atoms with Gasteiger partial charge in [-0.15, -0.1) is 0 Å². The van der Waals surface area contributed by atoms with Gasteiger partial charge >= 0.3 is 29.6 Å². The van der Waals surface area contributed by atoms with Crippen LogP contribution in [0.5, 0.6) is 0 Å². The van der Waals surface area contributed by atoms with Gasteiger partial charge in [0.1, 0.15) is 0 Å². The summed E-state index contributed by atoms with van der Waals surface area (Å²) in [6.07, 6.45) is -3.31. The fraction of sp³-hybridized carbons (Fsp3) is 0.571. The summed E-state index contributed by atoms with van der Waals surface area (Å²) in [4.78, 5) is 0. The van der Waals surface area contributed by atoms with Gasteiger partial charge in [0.25, 0.3) is 0 Å². The molecular formula is C14H9F11. The van der Waals surface area contributed by atoms with E-state index in [9.17, 15) is 48.3 Å². The molecule has 0 nitrogen and oxygen atoms in total. The second-order valence-electron chi connectivity index (χ2n) is 5.66. The first-order chi connectivity index (χ1) is 11.1. The van der Waals surface area contributed by atoms with Gasteiger partial charge in [-0.25, -0.2) is 4.39 Å². The minimum atomic E-state index is -7.16. The molecule has 25 heavy (non-hydrogen) atoms. The molecule has 142 valence electrons. The zero-order chi connectivity index (χ0) is 19.5. The van der Waals surface area contributed by atoms with Crippen molar-refractivity contribution in [1.29, 1.82) is 0 Å². The van der Waals surface area contributed by atoms with Gasteiger partial charge in [-0.05, 0) is 18.4 Å². The van der Waals surface area contributed by atoms with Crippen LogP contribution in [0, 0.1) is 0 Å². The number of rotatable bonds is 3. The van der Waals surface area contributed by atoms with Crippen molar-refractivity contribution in [2.24, 2.45) is 0 Å². The van der Waals surface area contributed by atoms with Crippen molar-refractivity contribution in [2.45, 2.75) is 48.1 Å². The number of hydrogen-bond acceptors (Lipinski definition) is 0. The standard InChI is InChI=1S/C14H9F11/c15-9(7-6-8-4-2-1-3-5-8)10(16,17)12(20,21)14(24,25)13(22,23)11(9,18)19/h1-5H,6-7H2. The SMILES string of the molecule is FC1(F)C(F)(F)C(F)(F)C(F)(CCc2ccccc2)C(F)(F)C1(F)F. The Morgan fingerprint density at radius 1 is 0.520 bits per heavy atom. The van der Waals surface area contributed by atoms with Crippen LogP contribution in [0.4, 0.5) is 48.3 Å². The first kappa shape index (κ1) is 19.8. The van der Waals surface area contributed by atoms with Crippen molar-refractivity contribution in [3.63, 3.8) is 0 Å². The highest BCUT2D eigenvalue weighted by Gasteiger charge is 3.00. The Bertz CT molecular complexity index is 605. The highest BCUT2D eigenvalue weighted by atomic mass is 19.4. The summed E-state index contributed by atoms with van der Waals surface area (Å²) in [7, 11) is 0. The van der Waals surface area contributed by atoms with Gasteiger partial charge in [0.2, 0.25) is 5.67 Å². The topological polar surface area (TPSA) is 0 Å². The average Bonchev–Trinajstić information content (AvgIpc) is 2.51. The molecule has 2 rings (SSSR count). The second kappa shape index (κ2) is 5.23. The molecule has 1 fully saturated rings. The maximum atomic E-state index is 14.4. The number of aryl methyl sites for hydroxylation is 1. The lowest BCUT2D eigenvalue weighted by Crippen LogP contribution is -2.83. The van der Waals surface area contributed by atoms with E-state index in [1.54, 1.807) is 0 Å². The van der Waals surface area contributed by atoms with E-state index >= 15 is 0 Å². The van der Waals surface area contributed by atoms with Crippen LogP contribution >= 0.6 is 0 Å². The van der Waals surface area contributed by atoms with Crippen molar-refractivity contribution in [1.82, 2.24) is 0 Å². The predicted molar refractivity (Wildman–Crippen MR) is 63.3 cm³/mol. The highest BCUT2D eigenvalue weighted by molar-refractivity contribution is 5.27. The Kier molecular flexibility index (Phi) is 4.13. The van der Waals surface area contributed by atoms with Gasteiger partial charge in [0, 0.05) is 0 Å². The highest BCUT2D eigenvalue weighted by Crippen LogP contribution is 2.70. The largest absolute Gasteiger partial charge is 0.384 e. The van der Waals surface area contributed by atoms with Gasteiger partial charge in [-0.3, -0.25) is 0 Å². The summed E-state index contributed by atoms with van der Waals surface area (Å²) in [6.45, 7) is 0. The first-order valence-corrected chi connectivity index (χ1v) is 6.70. The Hall–Kier alpha value is -1.55. The molecule has 1 aliphatic rings. The fourth-order valence-electron chi connectivity index (χ4n) is 2.56. The zero-order valence-corrected chi connectivity index (χ0v) is 12.0. The Balaban J connectivity index is 2.57. The monoisotopic (exact) mass is 386 g/mol. The average molecular weight is 386 g/mol. The maximum Gasteiger partial charge on any atom is 0.384 e. The first-order valence-electron chi connectivity index (χ1n) is 6.70. The van der Waals surface area contributed by atoms with Crippen LogP contribution in [-0.4, -0.2) is 35.3 Å². The van der Waals surface area contributed by atoms with E-state index in [1.807, 2.05) is 0 Å². The van der Waals surface area contributed by atoms with E-state index in [0.29, 0.717) is 0 Å². The van der Waals surface area contributed by atoms with Crippen molar-refractivity contribution >= 4 is 0 Å². The van der Waals surface area contributed by atoms with E-state index in [0.717, 1.165) is 12.1 Å². The molecular weight excluding hydrogens is 377 g/mol. The third-order valence-electron chi connectivity index (χ3n) is 4.17. The van der Waals surface area contributed by atoms with Crippen molar-refractivity contribution in [3.05, 3.63) is 35.9 Å². The fourth-order valence-corrected chi connectivity index (χ4v) is 2.56. The molecule has 1 aromatic rings. The van der Waals surface area contributed by atoms with E-state index in [1.165, 1.54) is 18.2 Å². The summed E-state index contributed by atoms with van der Waals surface area (Å²) in [5.41, 5.74) is -6.01. The van der Waals surface area contributed by atoms with E-state index < -0.39 is 48.1 Å². The molecule has 1 saturated carbocycles. The normalized spacial score (nSPS) is 27.6. The molecule has 0 atom stereocenters. The molecule has 0 bridgehead atoms. The summed E-state index contributed by atoms with van der Waals surface area (Å²) in [5, 5.41) is 0. The number of alkyl halides is 11. The number of hydrogen-bond donors (Lipinski definition) is 0. The summed E-state index contributed by atoms with van der Waals surface area (Å²) in [5.74, 6) is -34.7. The third kappa shape index (κ3) is 2.13. The summed E-state index contributed by atoms with van der Waals surface area (Å²) >= 11 is 0. The molecule has 0 amide bonds. The molecule has 0 aliphatic heterocycles. The molecule has 1 aromatic carbocycles. The van der Waals surface area contributed by atoms with Gasteiger partial charge < -0.3 is 0 Å². The predicted octanol–water partition coefficient (Wildman–Crippen LogP) is 5.52. The number of halogens is 11. The lowest BCUT2D eigenvalue weighted by atomic mass is 9.70. The second-order valence-corrected chi connectivity index (χ2v) is 5.66.